The minimum absolute atomic E-state index is 0.0822. The average molecular weight is 389 g/mol. The van der Waals surface area contributed by atoms with E-state index in [0.29, 0.717) is 16.6 Å². The molecule has 0 N–H and O–H groups in total. The molecule has 3 rings (SSSR count). The van der Waals surface area contributed by atoms with Gasteiger partial charge in [0, 0.05) is 31.3 Å². The standard InChI is InChI=1S/C17H15N3O4S2/c1-26(23,24)14-7-8-16(15(11-14)20(21)22)25-17-18-9-10-19(17)12-13-5-3-2-4-6-13/h2-11H,12H2,1H3. The fourth-order valence-corrected chi connectivity index (χ4v) is 3.92. The lowest BCUT2D eigenvalue weighted by atomic mass is 10.2. The predicted molar refractivity (Wildman–Crippen MR) is 98.1 cm³/mol. The molecule has 0 aliphatic heterocycles. The molecule has 1 heterocycles. The predicted octanol–water partition coefficient (Wildman–Crippen LogP) is 3.39. The minimum atomic E-state index is -3.52. The summed E-state index contributed by atoms with van der Waals surface area (Å²) in [4.78, 5) is 15.3. The van der Waals surface area contributed by atoms with E-state index in [0.717, 1.165) is 29.6 Å². The van der Waals surface area contributed by atoms with Crippen LogP contribution in [0.1, 0.15) is 5.56 Å². The van der Waals surface area contributed by atoms with Crippen LogP contribution in [0.5, 0.6) is 0 Å². The van der Waals surface area contributed by atoms with Crippen LogP contribution in [0.3, 0.4) is 0 Å². The van der Waals surface area contributed by atoms with Gasteiger partial charge >= 0.3 is 0 Å². The molecule has 0 saturated carbocycles. The molecule has 0 fully saturated rings. The van der Waals surface area contributed by atoms with Gasteiger partial charge in [-0.25, -0.2) is 13.4 Å². The fourth-order valence-electron chi connectivity index (χ4n) is 2.36. The third kappa shape index (κ3) is 4.12. The maximum absolute atomic E-state index is 11.6. The zero-order chi connectivity index (χ0) is 18.7. The Kier molecular flexibility index (Phi) is 5.10. The Balaban J connectivity index is 1.93. The van der Waals surface area contributed by atoms with Gasteiger partial charge in [0.05, 0.1) is 14.7 Å². The summed E-state index contributed by atoms with van der Waals surface area (Å²) in [6.07, 6.45) is 4.44. The van der Waals surface area contributed by atoms with E-state index in [1.165, 1.54) is 12.1 Å². The molecule has 0 amide bonds. The van der Waals surface area contributed by atoms with Crippen molar-refractivity contribution in [2.24, 2.45) is 0 Å². The molecule has 0 bridgehead atoms. The summed E-state index contributed by atoms with van der Waals surface area (Å²) in [5, 5.41) is 12.0. The number of rotatable bonds is 6. The molecule has 9 heteroatoms. The van der Waals surface area contributed by atoms with Gasteiger partial charge in [0.15, 0.2) is 15.0 Å². The van der Waals surface area contributed by atoms with E-state index in [9.17, 15) is 18.5 Å². The molecule has 26 heavy (non-hydrogen) atoms. The van der Waals surface area contributed by atoms with Crippen LogP contribution in [0.15, 0.2) is 75.9 Å². The smallest absolute Gasteiger partial charge is 0.284 e. The first-order chi connectivity index (χ1) is 12.3. The molecule has 0 aliphatic carbocycles. The van der Waals surface area contributed by atoms with E-state index >= 15 is 0 Å². The number of hydrogen-bond acceptors (Lipinski definition) is 6. The summed E-state index contributed by atoms with van der Waals surface area (Å²) >= 11 is 1.13. The molecule has 134 valence electrons. The molecule has 0 unspecified atom stereocenters. The minimum Gasteiger partial charge on any atom is -0.321 e. The third-order valence-corrected chi connectivity index (χ3v) is 5.83. The van der Waals surface area contributed by atoms with E-state index in [2.05, 4.69) is 4.98 Å². The van der Waals surface area contributed by atoms with E-state index < -0.39 is 14.8 Å². The number of benzene rings is 2. The Morgan fingerprint density at radius 1 is 1.19 bits per heavy atom. The number of aromatic nitrogens is 2. The van der Waals surface area contributed by atoms with Crippen LogP contribution in [0.2, 0.25) is 0 Å². The zero-order valence-corrected chi connectivity index (χ0v) is 15.4. The molecule has 0 spiro atoms. The highest BCUT2D eigenvalue weighted by Crippen LogP contribution is 2.35. The number of nitro benzene ring substituents is 1. The van der Waals surface area contributed by atoms with Crippen LogP contribution in [-0.2, 0) is 16.4 Å². The van der Waals surface area contributed by atoms with Crippen molar-refractivity contribution in [2.45, 2.75) is 21.5 Å². The molecule has 0 atom stereocenters. The van der Waals surface area contributed by atoms with Crippen molar-refractivity contribution in [3.05, 3.63) is 76.6 Å². The Labute approximate surface area is 154 Å². The molecule has 0 aliphatic rings. The summed E-state index contributed by atoms with van der Waals surface area (Å²) in [5.74, 6) is 0. The van der Waals surface area contributed by atoms with Gasteiger partial charge in [0.1, 0.15) is 0 Å². The topological polar surface area (TPSA) is 95.1 Å². The van der Waals surface area contributed by atoms with Crippen molar-refractivity contribution >= 4 is 27.3 Å². The fraction of sp³-hybridized carbons (Fsp3) is 0.118. The van der Waals surface area contributed by atoms with Crippen LogP contribution in [0, 0.1) is 10.1 Å². The second kappa shape index (κ2) is 7.30. The highest BCUT2D eigenvalue weighted by atomic mass is 32.2. The third-order valence-electron chi connectivity index (χ3n) is 3.63. The van der Waals surface area contributed by atoms with Gasteiger partial charge in [-0.2, -0.15) is 0 Å². The molecular formula is C17H15N3O4S2. The number of nitrogens with zero attached hydrogens (tertiary/aromatic N) is 3. The summed E-state index contributed by atoms with van der Waals surface area (Å²) in [6, 6.07) is 13.7. The van der Waals surface area contributed by atoms with Crippen LogP contribution in [-0.4, -0.2) is 29.1 Å². The molecule has 1 aromatic heterocycles. The summed E-state index contributed by atoms with van der Waals surface area (Å²) in [6.45, 7) is 0.582. The highest BCUT2D eigenvalue weighted by Gasteiger charge is 2.20. The van der Waals surface area contributed by atoms with Gasteiger partial charge in [-0.3, -0.25) is 10.1 Å². The van der Waals surface area contributed by atoms with Gasteiger partial charge in [0.25, 0.3) is 5.69 Å². The SMILES string of the molecule is CS(=O)(=O)c1ccc(Sc2nccn2Cc2ccccc2)c([N+](=O)[O-])c1. The average Bonchev–Trinajstić information content (AvgIpc) is 3.02. The van der Waals surface area contributed by atoms with E-state index in [-0.39, 0.29) is 10.6 Å². The summed E-state index contributed by atoms with van der Waals surface area (Å²) in [7, 11) is -3.52. The Hall–Kier alpha value is -2.65. The molecule has 0 saturated heterocycles. The second-order valence-corrected chi connectivity index (χ2v) is 8.61. The van der Waals surface area contributed by atoms with Crippen LogP contribution in [0.4, 0.5) is 5.69 Å². The first kappa shape index (κ1) is 18.2. The van der Waals surface area contributed by atoms with Crippen LogP contribution >= 0.6 is 11.8 Å². The first-order valence-electron chi connectivity index (χ1n) is 7.56. The molecule has 7 nitrogen and oxygen atoms in total. The van der Waals surface area contributed by atoms with E-state index in [1.54, 1.807) is 12.4 Å². The monoisotopic (exact) mass is 389 g/mol. The second-order valence-electron chi connectivity index (χ2n) is 5.58. The Morgan fingerprint density at radius 2 is 1.92 bits per heavy atom. The van der Waals surface area contributed by atoms with Crippen molar-refractivity contribution in [1.82, 2.24) is 9.55 Å². The summed E-state index contributed by atoms with van der Waals surface area (Å²) in [5.41, 5.74) is 0.821. The Bertz CT molecular complexity index is 1050. The quantitative estimate of drug-likeness (QED) is 0.474. The van der Waals surface area contributed by atoms with Crippen molar-refractivity contribution < 1.29 is 13.3 Å². The normalized spacial score (nSPS) is 11.4. The summed E-state index contributed by atoms with van der Waals surface area (Å²) < 4.78 is 25.2. The number of hydrogen-bond donors (Lipinski definition) is 0. The molecule has 0 radical (unpaired) electrons. The van der Waals surface area contributed by atoms with Crippen molar-refractivity contribution in [1.29, 1.82) is 0 Å². The first-order valence-corrected chi connectivity index (χ1v) is 10.3. The lowest BCUT2D eigenvalue weighted by Crippen LogP contribution is -2.02. The maximum Gasteiger partial charge on any atom is 0.284 e. The van der Waals surface area contributed by atoms with Crippen molar-refractivity contribution in [3.8, 4) is 0 Å². The highest BCUT2D eigenvalue weighted by molar-refractivity contribution is 7.99. The molecule has 3 aromatic rings. The van der Waals surface area contributed by atoms with Gasteiger partial charge in [-0.15, -0.1) is 0 Å². The number of sulfone groups is 1. The largest absolute Gasteiger partial charge is 0.321 e. The lowest BCUT2D eigenvalue weighted by molar-refractivity contribution is -0.388. The van der Waals surface area contributed by atoms with Crippen LogP contribution in [0.25, 0.3) is 0 Å². The number of nitro groups is 1. The molecular weight excluding hydrogens is 374 g/mol. The van der Waals surface area contributed by atoms with Gasteiger partial charge < -0.3 is 4.57 Å². The maximum atomic E-state index is 11.6. The number of imidazole rings is 1. The van der Waals surface area contributed by atoms with Gasteiger partial charge in [0.2, 0.25) is 0 Å². The van der Waals surface area contributed by atoms with E-state index in [1.807, 2.05) is 34.9 Å². The van der Waals surface area contributed by atoms with Gasteiger partial charge in [-0.05, 0) is 29.5 Å². The van der Waals surface area contributed by atoms with Crippen molar-refractivity contribution in [2.75, 3.05) is 6.26 Å². The lowest BCUT2D eigenvalue weighted by Gasteiger charge is -2.08. The molecule has 2 aromatic carbocycles. The van der Waals surface area contributed by atoms with Crippen LogP contribution < -0.4 is 0 Å². The van der Waals surface area contributed by atoms with Gasteiger partial charge in [-0.1, -0.05) is 30.3 Å². The Morgan fingerprint density at radius 3 is 2.58 bits per heavy atom. The van der Waals surface area contributed by atoms with E-state index in [4.69, 9.17) is 0 Å². The zero-order valence-electron chi connectivity index (χ0n) is 13.8. The van der Waals surface area contributed by atoms with Crippen molar-refractivity contribution in [3.63, 3.8) is 0 Å².